The van der Waals surface area contributed by atoms with E-state index in [1.807, 2.05) is 0 Å². The lowest BCUT2D eigenvalue weighted by Crippen LogP contribution is -2.71. The van der Waals surface area contributed by atoms with Crippen molar-refractivity contribution in [3.8, 4) is 0 Å². The first-order valence-electron chi connectivity index (χ1n) is 13.6. The number of hydrogen-bond donors (Lipinski definition) is 4. The van der Waals surface area contributed by atoms with E-state index in [0.29, 0.717) is 31.1 Å². The van der Waals surface area contributed by atoms with E-state index in [1.54, 1.807) is 4.31 Å². The Morgan fingerprint density at radius 2 is 1.70 bits per heavy atom. The molecule has 0 amide bonds. The molecule has 4 heterocycles. The molecule has 6 unspecified atom stereocenters. The van der Waals surface area contributed by atoms with Gasteiger partial charge in [-0.1, -0.05) is 32.1 Å². The first-order chi connectivity index (χ1) is 16.0. The van der Waals surface area contributed by atoms with Crippen LogP contribution in [0.5, 0.6) is 0 Å². The maximum absolute atomic E-state index is 12.3. The van der Waals surface area contributed by atoms with Crippen molar-refractivity contribution >= 4 is 10.0 Å². The lowest BCUT2D eigenvalue weighted by atomic mass is 9.78. The molecule has 5 rings (SSSR count). The minimum Gasteiger partial charge on any atom is -0.316 e. The van der Waals surface area contributed by atoms with Crippen molar-refractivity contribution in [3.05, 3.63) is 0 Å². The molecular weight excluding hydrogens is 436 g/mol. The van der Waals surface area contributed by atoms with E-state index in [1.165, 1.54) is 70.6 Å². The van der Waals surface area contributed by atoms with Crippen molar-refractivity contribution in [2.24, 2.45) is 17.8 Å². The van der Waals surface area contributed by atoms with Crippen molar-refractivity contribution in [2.45, 2.75) is 88.5 Å². The van der Waals surface area contributed by atoms with Crippen LogP contribution in [0, 0.1) is 17.8 Å². The molecule has 0 radical (unpaired) electrons. The summed E-state index contributed by atoms with van der Waals surface area (Å²) >= 11 is 0. The Kier molecular flexibility index (Phi) is 7.96. The zero-order chi connectivity index (χ0) is 22.8. The molecule has 0 aromatic carbocycles. The van der Waals surface area contributed by atoms with Gasteiger partial charge in [0, 0.05) is 44.3 Å². The summed E-state index contributed by atoms with van der Waals surface area (Å²) < 4.78 is 26.3. The van der Waals surface area contributed by atoms with Gasteiger partial charge in [0.25, 0.3) is 0 Å². The molecule has 4 aliphatic heterocycles. The topological polar surface area (TPSA) is 88.7 Å². The fourth-order valence-electron chi connectivity index (χ4n) is 7.27. The molecule has 190 valence electrons. The zero-order valence-corrected chi connectivity index (χ0v) is 21.3. The van der Waals surface area contributed by atoms with E-state index >= 15 is 0 Å². The van der Waals surface area contributed by atoms with Gasteiger partial charge in [0.2, 0.25) is 10.0 Å². The predicted octanol–water partition coefficient (Wildman–Crippen LogP) is 1.07. The van der Waals surface area contributed by atoms with Crippen LogP contribution in [0.25, 0.3) is 0 Å². The molecule has 8 nitrogen and oxygen atoms in total. The highest BCUT2D eigenvalue weighted by molar-refractivity contribution is 7.88. The quantitative estimate of drug-likeness (QED) is 0.450. The van der Waals surface area contributed by atoms with Crippen molar-refractivity contribution in [1.82, 2.24) is 30.7 Å². The Hall–Kier alpha value is -0.290. The molecule has 6 atom stereocenters. The van der Waals surface area contributed by atoms with Gasteiger partial charge < -0.3 is 5.32 Å². The third-order valence-electron chi connectivity index (χ3n) is 9.03. The summed E-state index contributed by atoms with van der Waals surface area (Å²) in [5.41, 5.74) is 3.89. The molecule has 0 bridgehead atoms. The molecule has 5 fully saturated rings. The number of hydrogen-bond acceptors (Lipinski definition) is 7. The van der Waals surface area contributed by atoms with E-state index in [4.69, 9.17) is 0 Å². The molecule has 5 aliphatic rings. The van der Waals surface area contributed by atoms with Crippen molar-refractivity contribution < 1.29 is 8.42 Å². The Morgan fingerprint density at radius 1 is 0.879 bits per heavy atom. The standard InChI is InChI=1S/C24H46N6O2S/c1-33(31,32)30-13-9-20-22(17-30)26-23(14-18-6-3-2-4-7-18)27-24(20)21-10-12-29(28-21)16-19-8-5-11-25-15-19/h18-28H,2-17H2,1H3. The zero-order valence-electron chi connectivity index (χ0n) is 20.5. The highest BCUT2D eigenvalue weighted by atomic mass is 32.2. The van der Waals surface area contributed by atoms with E-state index in [2.05, 4.69) is 26.4 Å². The fraction of sp³-hybridized carbons (Fsp3) is 1.00. The van der Waals surface area contributed by atoms with Gasteiger partial charge in [-0.25, -0.2) is 17.7 Å². The van der Waals surface area contributed by atoms with Crippen LogP contribution < -0.4 is 21.4 Å². The van der Waals surface area contributed by atoms with Gasteiger partial charge >= 0.3 is 0 Å². The minimum absolute atomic E-state index is 0.242. The smallest absolute Gasteiger partial charge is 0.211 e. The number of piperidine rings is 2. The van der Waals surface area contributed by atoms with Gasteiger partial charge in [-0.05, 0) is 62.9 Å². The summed E-state index contributed by atoms with van der Waals surface area (Å²) in [4.78, 5) is 0. The largest absolute Gasteiger partial charge is 0.316 e. The Bertz CT molecular complexity index is 739. The number of fused-ring (bicyclic) bond motifs is 1. The lowest BCUT2D eigenvalue weighted by Gasteiger charge is -2.50. The third kappa shape index (κ3) is 6.11. The molecule has 0 aromatic heterocycles. The highest BCUT2D eigenvalue weighted by Gasteiger charge is 2.46. The van der Waals surface area contributed by atoms with Gasteiger partial charge in [0.15, 0.2) is 0 Å². The SMILES string of the molecule is CS(=O)(=O)N1CCC2C(C1)NC(CC1CCCCC1)NC2C1CCN(CC2CCCNC2)N1. The molecule has 0 aromatic rings. The second-order valence-electron chi connectivity index (χ2n) is 11.5. The number of nitrogens with one attached hydrogen (secondary N) is 4. The highest BCUT2D eigenvalue weighted by Crippen LogP contribution is 2.33. The molecular formula is C24H46N6O2S. The van der Waals surface area contributed by atoms with Crippen LogP contribution in [0.1, 0.15) is 64.2 Å². The van der Waals surface area contributed by atoms with Crippen molar-refractivity contribution in [2.75, 3.05) is 45.5 Å². The molecule has 1 aliphatic carbocycles. The van der Waals surface area contributed by atoms with Gasteiger partial charge in [0.1, 0.15) is 0 Å². The number of sulfonamides is 1. The molecule has 33 heavy (non-hydrogen) atoms. The summed E-state index contributed by atoms with van der Waals surface area (Å²) in [6, 6.07) is 1.09. The summed E-state index contributed by atoms with van der Waals surface area (Å²) in [6.07, 6.45) is 14.4. The van der Waals surface area contributed by atoms with Crippen molar-refractivity contribution in [3.63, 3.8) is 0 Å². The molecule has 9 heteroatoms. The molecule has 4 saturated heterocycles. The Morgan fingerprint density at radius 3 is 2.45 bits per heavy atom. The van der Waals surface area contributed by atoms with Crippen LogP contribution in [0.3, 0.4) is 0 Å². The number of rotatable bonds is 6. The average molecular weight is 483 g/mol. The molecule has 0 spiro atoms. The summed E-state index contributed by atoms with van der Waals surface area (Å²) in [5.74, 6) is 2.01. The first-order valence-corrected chi connectivity index (χ1v) is 15.5. The molecule has 4 N–H and O–H groups in total. The Balaban J connectivity index is 1.25. The van der Waals surface area contributed by atoms with Crippen LogP contribution in [0.2, 0.25) is 0 Å². The predicted molar refractivity (Wildman–Crippen MR) is 132 cm³/mol. The fourth-order valence-corrected chi connectivity index (χ4v) is 8.14. The summed E-state index contributed by atoms with van der Waals surface area (Å²) in [5, 5.41) is 13.9. The molecule has 1 saturated carbocycles. The van der Waals surface area contributed by atoms with Crippen molar-refractivity contribution in [1.29, 1.82) is 0 Å². The second kappa shape index (κ2) is 10.8. The maximum Gasteiger partial charge on any atom is 0.211 e. The van der Waals surface area contributed by atoms with Crippen LogP contribution in [0.15, 0.2) is 0 Å². The number of nitrogens with zero attached hydrogens (tertiary/aromatic N) is 2. The first kappa shape index (κ1) is 24.4. The normalized spacial score (nSPS) is 40.0. The lowest BCUT2D eigenvalue weighted by molar-refractivity contribution is 0.0637. The van der Waals surface area contributed by atoms with Gasteiger partial charge in [0.05, 0.1) is 12.4 Å². The number of hydrazine groups is 1. The van der Waals surface area contributed by atoms with Gasteiger partial charge in [-0.3, -0.25) is 16.1 Å². The van der Waals surface area contributed by atoms with E-state index in [9.17, 15) is 8.42 Å². The van der Waals surface area contributed by atoms with Gasteiger partial charge in [-0.15, -0.1) is 0 Å². The van der Waals surface area contributed by atoms with E-state index in [-0.39, 0.29) is 12.2 Å². The van der Waals surface area contributed by atoms with Gasteiger partial charge in [-0.2, -0.15) is 0 Å². The van der Waals surface area contributed by atoms with E-state index in [0.717, 1.165) is 37.9 Å². The van der Waals surface area contributed by atoms with Crippen LogP contribution >= 0.6 is 0 Å². The van der Waals surface area contributed by atoms with Crippen LogP contribution in [-0.2, 0) is 10.0 Å². The Labute approximate surface area is 201 Å². The van der Waals surface area contributed by atoms with Crippen LogP contribution in [0.4, 0.5) is 0 Å². The van der Waals surface area contributed by atoms with Crippen LogP contribution in [-0.4, -0.2) is 87.5 Å². The second-order valence-corrected chi connectivity index (χ2v) is 13.5. The van der Waals surface area contributed by atoms with E-state index < -0.39 is 10.0 Å². The monoisotopic (exact) mass is 482 g/mol. The summed E-state index contributed by atoms with van der Waals surface area (Å²) in [6.45, 7) is 5.83. The third-order valence-corrected chi connectivity index (χ3v) is 10.3. The minimum atomic E-state index is -3.14. The maximum atomic E-state index is 12.3. The summed E-state index contributed by atoms with van der Waals surface area (Å²) in [7, 11) is -3.14. The average Bonchev–Trinajstić information content (AvgIpc) is 3.27.